The molecule has 10 nitrogen and oxygen atoms in total. The summed E-state index contributed by atoms with van der Waals surface area (Å²) >= 11 is 1.36. The van der Waals surface area contributed by atoms with Crippen LogP contribution in [0.4, 0.5) is 16.8 Å². The van der Waals surface area contributed by atoms with Crippen LogP contribution in [0.3, 0.4) is 0 Å². The zero-order valence-electron chi connectivity index (χ0n) is 22.6. The fraction of sp³-hybridized carbons (Fsp3) is 0.500. The minimum absolute atomic E-state index is 0.191. The molecule has 2 amide bonds. The summed E-state index contributed by atoms with van der Waals surface area (Å²) in [6, 6.07) is 1.38. The lowest BCUT2D eigenvalue weighted by molar-refractivity contribution is -0.135. The molecule has 0 saturated heterocycles. The molecule has 0 unspecified atom stereocenters. The smallest absolute Gasteiger partial charge is 0.246 e. The third-order valence-corrected chi connectivity index (χ3v) is 6.03. The van der Waals surface area contributed by atoms with E-state index in [0.717, 1.165) is 29.2 Å². The second kappa shape index (κ2) is 15.6. The molecular weight excluding hydrogens is 488 g/mol. The van der Waals surface area contributed by atoms with Gasteiger partial charge in [-0.1, -0.05) is 24.8 Å². The molecule has 0 aliphatic rings. The first-order chi connectivity index (χ1) is 17.7. The Kier molecular flexibility index (Phi) is 12.5. The van der Waals surface area contributed by atoms with Gasteiger partial charge in [0.05, 0.1) is 17.5 Å². The minimum atomic E-state index is -0.562. The number of nitrogens with one attached hydrogen (secondary N) is 3. The lowest BCUT2D eigenvalue weighted by atomic mass is 10.2. The molecule has 0 saturated carbocycles. The molecule has 37 heavy (non-hydrogen) atoms. The Labute approximate surface area is 224 Å². The monoisotopic (exact) mass is 526 g/mol. The number of anilines is 3. The maximum absolute atomic E-state index is 12.4. The maximum atomic E-state index is 12.4. The fourth-order valence-electron chi connectivity index (χ4n) is 2.99. The number of likely N-dealkylation sites (N-methyl/N-ethyl adjacent to an activating group) is 2. The number of hydrogen-bond acceptors (Lipinski definition) is 9. The van der Waals surface area contributed by atoms with E-state index in [1.807, 2.05) is 32.0 Å². The van der Waals surface area contributed by atoms with Gasteiger partial charge in [-0.15, -0.1) is 0 Å². The van der Waals surface area contributed by atoms with Gasteiger partial charge in [-0.05, 0) is 58.4 Å². The van der Waals surface area contributed by atoms with E-state index in [2.05, 4.69) is 49.1 Å². The average Bonchev–Trinajstić information content (AvgIpc) is 3.28. The van der Waals surface area contributed by atoms with Crippen LogP contribution in [0.2, 0.25) is 0 Å². The number of unbranched alkanes of at least 4 members (excludes halogenated alkanes) is 1. The molecule has 2 aromatic heterocycles. The zero-order chi connectivity index (χ0) is 27.2. The van der Waals surface area contributed by atoms with Gasteiger partial charge in [0.2, 0.25) is 17.8 Å². The third kappa shape index (κ3) is 10.6. The van der Waals surface area contributed by atoms with E-state index in [-0.39, 0.29) is 11.8 Å². The minimum Gasteiger partial charge on any atom is -0.369 e. The van der Waals surface area contributed by atoms with Gasteiger partial charge in [0.25, 0.3) is 0 Å². The van der Waals surface area contributed by atoms with Crippen LogP contribution < -0.4 is 16.0 Å². The van der Waals surface area contributed by atoms with E-state index in [4.69, 9.17) is 0 Å². The van der Waals surface area contributed by atoms with Gasteiger partial charge < -0.3 is 25.8 Å². The SMILES string of the molecule is CCCNc1nc(Nc2cc(C)ns2)ncc1C#CCCCNC(=O)[C@H](C)N(C)C(=O)C=CCN(C)C. The van der Waals surface area contributed by atoms with Crippen molar-refractivity contribution in [1.82, 2.24) is 29.5 Å². The second-order valence-corrected chi connectivity index (χ2v) is 9.63. The molecule has 0 radical (unpaired) electrons. The van der Waals surface area contributed by atoms with Crippen LogP contribution in [-0.4, -0.2) is 82.8 Å². The molecule has 0 aliphatic heterocycles. The largest absolute Gasteiger partial charge is 0.369 e. The van der Waals surface area contributed by atoms with Crippen LogP contribution in [0.25, 0.3) is 0 Å². The summed E-state index contributed by atoms with van der Waals surface area (Å²) in [5, 5.41) is 10.2. The summed E-state index contributed by atoms with van der Waals surface area (Å²) in [7, 11) is 5.48. The maximum Gasteiger partial charge on any atom is 0.246 e. The highest BCUT2D eigenvalue weighted by molar-refractivity contribution is 7.10. The van der Waals surface area contributed by atoms with Gasteiger partial charge in [0, 0.05) is 39.2 Å². The van der Waals surface area contributed by atoms with Crippen molar-refractivity contribution in [3.8, 4) is 11.8 Å². The number of rotatable bonds is 13. The van der Waals surface area contributed by atoms with Crippen LogP contribution in [-0.2, 0) is 9.59 Å². The lowest BCUT2D eigenvalue weighted by Crippen LogP contribution is -2.45. The van der Waals surface area contributed by atoms with E-state index in [1.165, 1.54) is 22.5 Å². The Balaban J connectivity index is 1.85. The molecule has 2 aromatic rings. The average molecular weight is 527 g/mol. The van der Waals surface area contributed by atoms with E-state index in [9.17, 15) is 9.59 Å². The Morgan fingerprint density at radius 1 is 1.24 bits per heavy atom. The Morgan fingerprint density at radius 2 is 2.03 bits per heavy atom. The van der Waals surface area contributed by atoms with E-state index in [1.54, 1.807) is 26.2 Å². The van der Waals surface area contributed by atoms with E-state index in [0.29, 0.717) is 37.7 Å². The molecular formula is C26H38N8O2S. The number of hydrogen-bond donors (Lipinski definition) is 3. The van der Waals surface area contributed by atoms with Crippen LogP contribution in [0.15, 0.2) is 24.4 Å². The Hall–Kier alpha value is -3.49. The number of aryl methyl sites for hydroxylation is 1. The molecule has 200 valence electrons. The normalized spacial score (nSPS) is 11.6. The third-order valence-electron chi connectivity index (χ3n) is 5.23. The first kappa shape index (κ1) is 29.7. The second-order valence-electron chi connectivity index (χ2n) is 8.83. The summed E-state index contributed by atoms with van der Waals surface area (Å²) in [6.45, 7) is 7.66. The van der Waals surface area contributed by atoms with Gasteiger partial charge >= 0.3 is 0 Å². The predicted molar refractivity (Wildman–Crippen MR) is 150 cm³/mol. The summed E-state index contributed by atoms with van der Waals surface area (Å²) in [4.78, 5) is 37.0. The standard InChI is InChI=1S/C26H38N8O2S/c1-7-14-27-24-21(18-29-26(31-24)30-22-17-19(2)32-37-22)12-9-8-10-15-28-25(36)20(3)34(6)23(35)13-11-16-33(4)5/h11,13,17-18,20H,7-8,10,14-16H2,1-6H3,(H,28,36)(H2,27,29,30,31)/t20-/m0/s1. The van der Waals surface area contributed by atoms with Crippen molar-refractivity contribution in [2.24, 2.45) is 0 Å². The van der Waals surface area contributed by atoms with Crippen LogP contribution in [0, 0.1) is 18.8 Å². The number of nitrogens with zero attached hydrogens (tertiary/aromatic N) is 5. The lowest BCUT2D eigenvalue weighted by Gasteiger charge is -2.23. The summed E-state index contributed by atoms with van der Waals surface area (Å²) < 4.78 is 4.26. The topological polar surface area (TPSA) is 115 Å². The number of carbonyl (C=O) groups is 2. The Morgan fingerprint density at radius 3 is 2.70 bits per heavy atom. The van der Waals surface area contributed by atoms with E-state index < -0.39 is 6.04 Å². The zero-order valence-corrected chi connectivity index (χ0v) is 23.4. The van der Waals surface area contributed by atoms with Crippen molar-refractivity contribution in [2.45, 2.75) is 46.1 Å². The molecule has 0 aliphatic carbocycles. The number of amides is 2. The first-order valence-corrected chi connectivity index (χ1v) is 13.1. The summed E-state index contributed by atoms with van der Waals surface area (Å²) in [5.41, 5.74) is 1.66. The molecule has 3 N–H and O–H groups in total. The highest BCUT2D eigenvalue weighted by Crippen LogP contribution is 2.21. The van der Waals surface area contributed by atoms with Crippen molar-refractivity contribution in [3.63, 3.8) is 0 Å². The molecule has 0 bridgehead atoms. The molecule has 1 atom stereocenters. The quantitative estimate of drug-likeness (QED) is 0.207. The van der Waals surface area contributed by atoms with Crippen molar-refractivity contribution < 1.29 is 9.59 Å². The van der Waals surface area contributed by atoms with Crippen molar-refractivity contribution >= 4 is 40.1 Å². The molecule has 2 rings (SSSR count). The fourth-order valence-corrected chi connectivity index (χ4v) is 3.64. The van der Waals surface area contributed by atoms with Crippen LogP contribution in [0.1, 0.15) is 44.4 Å². The predicted octanol–water partition coefficient (Wildman–Crippen LogP) is 3.02. The number of carbonyl (C=O) groups excluding carboxylic acids is 2. The number of aromatic nitrogens is 3. The van der Waals surface area contributed by atoms with Crippen molar-refractivity contribution in [2.75, 3.05) is 51.4 Å². The van der Waals surface area contributed by atoms with Crippen molar-refractivity contribution in [3.05, 3.63) is 35.7 Å². The van der Waals surface area contributed by atoms with Gasteiger partial charge in [0.15, 0.2) is 0 Å². The molecule has 11 heteroatoms. The first-order valence-electron chi connectivity index (χ1n) is 12.4. The summed E-state index contributed by atoms with van der Waals surface area (Å²) in [5.74, 6) is 7.06. The molecule has 0 fully saturated rings. The molecule has 2 heterocycles. The van der Waals surface area contributed by atoms with Gasteiger partial charge in [-0.2, -0.15) is 9.36 Å². The van der Waals surface area contributed by atoms with E-state index >= 15 is 0 Å². The highest BCUT2D eigenvalue weighted by atomic mass is 32.1. The van der Waals surface area contributed by atoms with Gasteiger partial charge in [-0.3, -0.25) is 9.59 Å². The van der Waals surface area contributed by atoms with Gasteiger partial charge in [-0.25, -0.2) is 4.98 Å². The molecule has 0 aromatic carbocycles. The van der Waals surface area contributed by atoms with Gasteiger partial charge in [0.1, 0.15) is 16.9 Å². The highest BCUT2D eigenvalue weighted by Gasteiger charge is 2.20. The van der Waals surface area contributed by atoms with Crippen molar-refractivity contribution in [1.29, 1.82) is 0 Å². The summed E-state index contributed by atoms with van der Waals surface area (Å²) in [6.07, 6.45) is 7.23. The Bertz CT molecular complexity index is 1120. The van der Waals surface area contributed by atoms with Crippen LogP contribution in [0.5, 0.6) is 0 Å². The van der Waals surface area contributed by atoms with Crippen LogP contribution >= 0.6 is 11.5 Å². The molecule has 0 spiro atoms.